The van der Waals surface area contributed by atoms with Crippen LogP contribution >= 0.6 is 11.8 Å². The van der Waals surface area contributed by atoms with Crippen LogP contribution in [-0.2, 0) is 11.3 Å². The number of hydrogen-bond acceptors (Lipinski definition) is 3. The number of rotatable bonds is 3. The molecule has 3 heteroatoms. The first-order chi connectivity index (χ1) is 7.72. The molecule has 0 aromatic heterocycles. The molecule has 0 aliphatic heterocycles. The zero-order valence-electron chi connectivity index (χ0n) is 9.32. The van der Waals surface area contributed by atoms with Crippen molar-refractivity contribution in [3.8, 4) is 11.8 Å². The highest BCUT2D eigenvalue weighted by atomic mass is 32.2. The largest absolute Gasteiger partial charge is 0.326 e. The van der Waals surface area contributed by atoms with Crippen molar-refractivity contribution in [1.82, 2.24) is 0 Å². The van der Waals surface area contributed by atoms with E-state index in [0.717, 1.165) is 23.3 Å². The Kier molecular flexibility index (Phi) is 5.69. The van der Waals surface area contributed by atoms with Crippen molar-refractivity contribution in [3.63, 3.8) is 0 Å². The number of benzene rings is 1. The Hall–Kier alpha value is -1.24. The van der Waals surface area contributed by atoms with E-state index >= 15 is 0 Å². The molecule has 0 atom stereocenters. The van der Waals surface area contributed by atoms with Gasteiger partial charge < -0.3 is 5.73 Å². The fourth-order valence-corrected chi connectivity index (χ4v) is 1.68. The molecule has 84 valence electrons. The normalized spacial score (nSPS) is 9.38. The highest BCUT2D eigenvalue weighted by Gasteiger charge is 1.92. The third-order valence-corrected chi connectivity index (χ3v) is 2.74. The lowest BCUT2D eigenvalue weighted by atomic mass is 10.1. The lowest BCUT2D eigenvalue weighted by Gasteiger charge is -1.96. The first-order valence-electron chi connectivity index (χ1n) is 5.13. The molecule has 0 aliphatic rings. The van der Waals surface area contributed by atoms with Gasteiger partial charge in [-0.1, -0.05) is 35.7 Å². The Labute approximate surface area is 101 Å². The van der Waals surface area contributed by atoms with Gasteiger partial charge in [-0.15, -0.1) is 0 Å². The van der Waals surface area contributed by atoms with Gasteiger partial charge in [-0.05, 0) is 17.7 Å². The van der Waals surface area contributed by atoms with Gasteiger partial charge in [0.15, 0.2) is 5.12 Å². The van der Waals surface area contributed by atoms with Crippen LogP contribution in [0.15, 0.2) is 24.3 Å². The van der Waals surface area contributed by atoms with Crippen molar-refractivity contribution in [1.29, 1.82) is 0 Å². The zero-order valence-corrected chi connectivity index (χ0v) is 10.1. The molecule has 0 unspecified atom stereocenters. The molecule has 0 amide bonds. The van der Waals surface area contributed by atoms with Crippen LogP contribution in [0.3, 0.4) is 0 Å². The second-order valence-corrected chi connectivity index (χ2v) is 4.57. The van der Waals surface area contributed by atoms with Crippen molar-refractivity contribution in [3.05, 3.63) is 35.4 Å². The van der Waals surface area contributed by atoms with Crippen LogP contribution in [0.4, 0.5) is 0 Å². The highest BCUT2D eigenvalue weighted by molar-refractivity contribution is 8.13. The molecule has 16 heavy (non-hydrogen) atoms. The first kappa shape index (κ1) is 12.8. The topological polar surface area (TPSA) is 43.1 Å². The van der Waals surface area contributed by atoms with Crippen molar-refractivity contribution in [2.75, 3.05) is 5.75 Å². The summed E-state index contributed by atoms with van der Waals surface area (Å²) in [5.41, 5.74) is 7.61. The quantitative estimate of drug-likeness (QED) is 0.642. The van der Waals surface area contributed by atoms with Gasteiger partial charge in [0.05, 0.1) is 0 Å². The van der Waals surface area contributed by atoms with Crippen LogP contribution in [0.25, 0.3) is 0 Å². The van der Waals surface area contributed by atoms with E-state index in [4.69, 9.17) is 5.73 Å². The fourth-order valence-electron chi connectivity index (χ4n) is 1.19. The van der Waals surface area contributed by atoms with Crippen molar-refractivity contribution in [2.24, 2.45) is 5.73 Å². The minimum atomic E-state index is 0.145. The van der Waals surface area contributed by atoms with Crippen LogP contribution in [0.5, 0.6) is 0 Å². The van der Waals surface area contributed by atoms with E-state index < -0.39 is 0 Å². The molecule has 0 saturated heterocycles. The summed E-state index contributed by atoms with van der Waals surface area (Å²) in [5, 5.41) is 0.145. The third-order valence-electron chi connectivity index (χ3n) is 1.93. The summed E-state index contributed by atoms with van der Waals surface area (Å²) in [6.07, 6.45) is 0.733. The fraction of sp³-hybridized carbons (Fsp3) is 0.308. The zero-order chi connectivity index (χ0) is 11.8. The minimum absolute atomic E-state index is 0.145. The maximum absolute atomic E-state index is 10.7. The number of carbonyl (C=O) groups is 1. The van der Waals surface area contributed by atoms with E-state index in [1.54, 1.807) is 6.92 Å². The lowest BCUT2D eigenvalue weighted by Crippen LogP contribution is -1.95. The molecule has 1 aromatic carbocycles. The van der Waals surface area contributed by atoms with Crippen LogP contribution in [0.2, 0.25) is 0 Å². The molecule has 2 N–H and O–H groups in total. The molecule has 1 aromatic rings. The maximum atomic E-state index is 10.7. The van der Waals surface area contributed by atoms with Crippen molar-refractivity contribution < 1.29 is 4.79 Å². The van der Waals surface area contributed by atoms with E-state index in [9.17, 15) is 4.79 Å². The van der Waals surface area contributed by atoms with Crippen LogP contribution in [0, 0.1) is 11.8 Å². The Balaban J connectivity index is 2.46. The van der Waals surface area contributed by atoms with Gasteiger partial charge in [0.1, 0.15) is 0 Å². The number of thioether (sulfide) groups is 1. The summed E-state index contributed by atoms with van der Waals surface area (Å²) < 4.78 is 0. The molecular weight excluding hydrogens is 218 g/mol. The summed E-state index contributed by atoms with van der Waals surface area (Å²) in [5.74, 6) is 6.87. The second-order valence-electron chi connectivity index (χ2n) is 3.30. The molecule has 0 radical (unpaired) electrons. The molecule has 1 rings (SSSR count). The average Bonchev–Trinajstić information content (AvgIpc) is 2.28. The van der Waals surface area contributed by atoms with Gasteiger partial charge in [-0.3, -0.25) is 4.79 Å². The first-order valence-corrected chi connectivity index (χ1v) is 6.12. The SMILES string of the molecule is CC(=O)SCCC#Cc1cccc(CN)c1. The summed E-state index contributed by atoms with van der Waals surface area (Å²) in [7, 11) is 0. The van der Waals surface area contributed by atoms with E-state index in [-0.39, 0.29) is 5.12 Å². The molecule has 0 aliphatic carbocycles. The Bertz CT molecular complexity index is 417. The number of carbonyl (C=O) groups excluding carboxylic acids is 1. The summed E-state index contributed by atoms with van der Waals surface area (Å²) >= 11 is 1.31. The lowest BCUT2D eigenvalue weighted by molar-refractivity contribution is -0.109. The van der Waals surface area contributed by atoms with Crippen molar-refractivity contribution >= 4 is 16.9 Å². The van der Waals surface area contributed by atoms with Crippen LogP contribution in [-0.4, -0.2) is 10.9 Å². The Morgan fingerprint density at radius 1 is 1.50 bits per heavy atom. The standard InChI is InChI=1S/C13H15NOS/c1-11(15)16-8-3-2-5-12-6-4-7-13(9-12)10-14/h4,6-7,9H,3,8,10,14H2,1H3. The monoisotopic (exact) mass is 233 g/mol. The molecule has 0 fully saturated rings. The minimum Gasteiger partial charge on any atom is -0.326 e. The van der Waals surface area contributed by atoms with Gasteiger partial charge in [0.25, 0.3) is 0 Å². The summed E-state index contributed by atoms with van der Waals surface area (Å²) in [4.78, 5) is 10.7. The third kappa shape index (κ3) is 5.01. The van der Waals surface area contributed by atoms with E-state index in [1.165, 1.54) is 11.8 Å². The molecule has 2 nitrogen and oxygen atoms in total. The van der Waals surface area contributed by atoms with E-state index in [0.29, 0.717) is 6.54 Å². The number of hydrogen-bond donors (Lipinski definition) is 1. The molecule has 0 spiro atoms. The smallest absolute Gasteiger partial charge is 0.185 e. The van der Waals surface area contributed by atoms with Crippen molar-refractivity contribution in [2.45, 2.75) is 19.9 Å². The van der Waals surface area contributed by atoms with Gasteiger partial charge in [-0.2, -0.15) is 0 Å². The number of nitrogens with two attached hydrogens (primary N) is 1. The Morgan fingerprint density at radius 2 is 2.31 bits per heavy atom. The molecule has 0 saturated carbocycles. The maximum Gasteiger partial charge on any atom is 0.185 e. The van der Waals surface area contributed by atoms with Gasteiger partial charge >= 0.3 is 0 Å². The summed E-state index contributed by atoms with van der Waals surface area (Å²) in [6, 6.07) is 7.89. The van der Waals surface area contributed by atoms with E-state index in [2.05, 4.69) is 11.8 Å². The van der Waals surface area contributed by atoms with Gasteiger partial charge in [0.2, 0.25) is 0 Å². The predicted molar refractivity (Wildman–Crippen MR) is 69.0 cm³/mol. The molecule has 0 heterocycles. The van der Waals surface area contributed by atoms with Crippen LogP contribution < -0.4 is 5.73 Å². The van der Waals surface area contributed by atoms with E-state index in [1.807, 2.05) is 24.3 Å². The summed E-state index contributed by atoms with van der Waals surface area (Å²) in [6.45, 7) is 2.11. The Morgan fingerprint density at radius 3 is 3.00 bits per heavy atom. The van der Waals surface area contributed by atoms with Gasteiger partial charge in [-0.25, -0.2) is 0 Å². The molecule has 0 bridgehead atoms. The highest BCUT2D eigenvalue weighted by Crippen LogP contribution is 2.04. The molecular formula is C13H15NOS. The predicted octanol–water partition coefficient (Wildman–Crippen LogP) is 2.17. The second kappa shape index (κ2) is 7.10. The average molecular weight is 233 g/mol. The van der Waals surface area contributed by atoms with Gasteiger partial charge in [0, 0.05) is 31.2 Å². The van der Waals surface area contributed by atoms with Crippen LogP contribution in [0.1, 0.15) is 24.5 Å².